The molecule has 0 aliphatic rings. The fourth-order valence-corrected chi connectivity index (χ4v) is 2.28. The van der Waals surface area contributed by atoms with Gasteiger partial charge in [-0.05, 0) is 37.6 Å². The topological polar surface area (TPSA) is 92.2 Å². The smallest absolute Gasteiger partial charge is 0.313 e. The first-order valence-corrected chi connectivity index (χ1v) is 8.00. The molecular formula is C19H20N2O4. The summed E-state index contributed by atoms with van der Waals surface area (Å²) in [6.07, 6.45) is 0. The van der Waals surface area contributed by atoms with E-state index in [1.165, 1.54) is 0 Å². The minimum Gasteiger partial charge on any atom is -0.490 e. The zero-order valence-corrected chi connectivity index (χ0v) is 14.7. The third kappa shape index (κ3) is 4.07. The van der Waals surface area contributed by atoms with E-state index in [1.54, 1.807) is 45.0 Å². The maximum absolute atomic E-state index is 12.0. The molecule has 0 aliphatic carbocycles. The van der Waals surface area contributed by atoms with Crippen LogP contribution in [0, 0.1) is 24.2 Å². The van der Waals surface area contributed by atoms with Gasteiger partial charge in [0, 0.05) is 11.3 Å². The largest absolute Gasteiger partial charge is 0.490 e. The molecule has 6 heteroatoms. The van der Waals surface area contributed by atoms with Gasteiger partial charge < -0.3 is 14.5 Å². The maximum Gasteiger partial charge on any atom is 0.313 e. The summed E-state index contributed by atoms with van der Waals surface area (Å²) in [5, 5.41) is 9.29. The lowest BCUT2D eigenvalue weighted by Gasteiger charge is -2.14. The van der Waals surface area contributed by atoms with Crippen molar-refractivity contribution in [2.75, 3.05) is 6.61 Å². The fourth-order valence-electron chi connectivity index (χ4n) is 2.28. The summed E-state index contributed by atoms with van der Waals surface area (Å²) in [5.74, 6) is 0.0632. The summed E-state index contributed by atoms with van der Waals surface area (Å²) in [6, 6.07) is 8.63. The number of aromatic nitrogens is 1. The Labute approximate surface area is 146 Å². The van der Waals surface area contributed by atoms with E-state index in [4.69, 9.17) is 9.47 Å². The van der Waals surface area contributed by atoms with Gasteiger partial charge in [0.05, 0.1) is 12.5 Å². The summed E-state index contributed by atoms with van der Waals surface area (Å²) in [6.45, 7) is 7.44. The number of nitrogens with one attached hydrogen (secondary N) is 1. The SMILES string of the molecule is CCOc1cc(-c2cc(C)[nH]c(=O)c2C#N)ccc1OC(=O)C(C)C. The molecular weight excluding hydrogens is 320 g/mol. The monoisotopic (exact) mass is 340 g/mol. The Hall–Kier alpha value is -3.07. The molecule has 0 saturated carbocycles. The summed E-state index contributed by atoms with van der Waals surface area (Å²) in [7, 11) is 0. The Morgan fingerprint density at radius 1 is 1.28 bits per heavy atom. The summed E-state index contributed by atoms with van der Waals surface area (Å²) in [4.78, 5) is 26.4. The summed E-state index contributed by atoms with van der Waals surface area (Å²) < 4.78 is 10.9. The van der Waals surface area contributed by atoms with Crippen LogP contribution in [0.5, 0.6) is 11.5 Å². The molecule has 1 aromatic carbocycles. The van der Waals surface area contributed by atoms with Crippen molar-refractivity contribution in [1.82, 2.24) is 4.98 Å². The van der Waals surface area contributed by atoms with Crippen LogP contribution in [0.25, 0.3) is 11.1 Å². The van der Waals surface area contributed by atoms with Crippen LogP contribution >= 0.6 is 0 Å². The molecule has 0 atom stereocenters. The predicted molar refractivity (Wildman–Crippen MR) is 93.6 cm³/mol. The molecule has 2 rings (SSSR count). The number of nitrogens with zero attached hydrogens (tertiary/aromatic N) is 1. The first kappa shape index (κ1) is 18.3. The van der Waals surface area contributed by atoms with E-state index in [9.17, 15) is 14.9 Å². The Bertz CT molecular complexity index is 891. The Kier molecular flexibility index (Phi) is 5.60. The van der Waals surface area contributed by atoms with Crippen molar-refractivity contribution >= 4 is 5.97 Å². The van der Waals surface area contributed by atoms with Crippen molar-refractivity contribution < 1.29 is 14.3 Å². The molecule has 25 heavy (non-hydrogen) atoms. The minimum absolute atomic E-state index is 0.0278. The lowest BCUT2D eigenvalue weighted by Crippen LogP contribution is -2.15. The molecule has 6 nitrogen and oxygen atoms in total. The van der Waals surface area contributed by atoms with E-state index >= 15 is 0 Å². The molecule has 1 aromatic heterocycles. The van der Waals surface area contributed by atoms with Crippen LogP contribution in [0.15, 0.2) is 29.1 Å². The van der Waals surface area contributed by atoms with Gasteiger partial charge in [-0.3, -0.25) is 9.59 Å². The van der Waals surface area contributed by atoms with Gasteiger partial charge in [0.1, 0.15) is 11.6 Å². The lowest BCUT2D eigenvalue weighted by atomic mass is 10.0. The second kappa shape index (κ2) is 7.67. The van der Waals surface area contributed by atoms with Crippen LogP contribution in [0.2, 0.25) is 0 Å². The first-order chi connectivity index (χ1) is 11.9. The van der Waals surface area contributed by atoms with E-state index in [-0.39, 0.29) is 17.5 Å². The van der Waals surface area contributed by atoms with Crippen molar-refractivity contribution in [1.29, 1.82) is 5.26 Å². The number of ether oxygens (including phenoxy) is 2. The van der Waals surface area contributed by atoms with Crippen LogP contribution in [0.1, 0.15) is 32.0 Å². The molecule has 130 valence electrons. The van der Waals surface area contributed by atoms with Crippen LogP contribution in [0.4, 0.5) is 0 Å². The molecule has 1 N–H and O–H groups in total. The highest BCUT2D eigenvalue weighted by molar-refractivity contribution is 5.77. The minimum atomic E-state index is -0.439. The molecule has 0 amide bonds. The number of carbonyl (C=O) groups is 1. The van der Waals surface area contributed by atoms with Gasteiger partial charge >= 0.3 is 5.97 Å². The zero-order valence-electron chi connectivity index (χ0n) is 14.7. The number of hydrogen-bond donors (Lipinski definition) is 1. The number of aryl methyl sites for hydroxylation is 1. The predicted octanol–water partition coefficient (Wildman–Crippen LogP) is 3.18. The standard InChI is InChI=1S/C19H20N2O4/c1-5-24-17-9-13(6-7-16(17)25-19(23)11(2)3)14-8-12(4)21-18(22)15(14)10-20/h6-9,11H,5H2,1-4H3,(H,21,22). The number of H-pyrrole nitrogens is 1. The zero-order chi connectivity index (χ0) is 18.6. The van der Waals surface area contributed by atoms with Gasteiger partial charge in [-0.2, -0.15) is 5.26 Å². The molecule has 0 saturated heterocycles. The number of benzene rings is 1. The van der Waals surface area contributed by atoms with Crippen molar-refractivity contribution in [2.24, 2.45) is 5.92 Å². The summed E-state index contributed by atoms with van der Waals surface area (Å²) >= 11 is 0. The Morgan fingerprint density at radius 3 is 2.60 bits per heavy atom. The molecule has 0 fully saturated rings. The van der Waals surface area contributed by atoms with Gasteiger partial charge in [0.15, 0.2) is 11.5 Å². The maximum atomic E-state index is 12.0. The molecule has 0 radical (unpaired) electrons. The first-order valence-electron chi connectivity index (χ1n) is 8.00. The molecule has 1 heterocycles. The van der Waals surface area contributed by atoms with Crippen LogP contribution in [-0.4, -0.2) is 17.6 Å². The summed E-state index contributed by atoms with van der Waals surface area (Å²) in [5.41, 5.74) is 1.38. The third-order valence-corrected chi connectivity index (χ3v) is 3.52. The molecule has 0 spiro atoms. The van der Waals surface area contributed by atoms with Gasteiger partial charge in [-0.1, -0.05) is 19.9 Å². The van der Waals surface area contributed by atoms with Gasteiger partial charge in [0.25, 0.3) is 5.56 Å². The average Bonchev–Trinajstić information content (AvgIpc) is 2.55. The number of pyridine rings is 1. The normalized spacial score (nSPS) is 10.4. The quantitative estimate of drug-likeness (QED) is 0.666. The molecule has 0 aliphatic heterocycles. The number of rotatable bonds is 5. The number of hydrogen-bond acceptors (Lipinski definition) is 5. The Morgan fingerprint density at radius 2 is 2.00 bits per heavy atom. The second-order valence-electron chi connectivity index (χ2n) is 5.85. The van der Waals surface area contributed by atoms with E-state index in [0.29, 0.717) is 34.9 Å². The van der Waals surface area contributed by atoms with Gasteiger partial charge in [0.2, 0.25) is 0 Å². The molecule has 0 bridgehead atoms. The van der Waals surface area contributed by atoms with Crippen molar-refractivity contribution in [3.05, 3.63) is 45.9 Å². The van der Waals surface area contributed by atoms with Crippen LogP contribution < -0.4 is 15.0 Å². The number of aromatic amines is 1. The van der Waals surface area contributed by atoms with E-state index in [2.05, 4.69) is 4.98 Å². The van der Waals surface area contributed by atoms with Crippen molar-refractivity contribution in [2.45, 2.75) is 27.7 Å². The highest BCUT2D eigenvalue weighted by atomic mass is 16.6. The fraction of sp³-hybridized carbons (Fsp3) is 0.316. The second-order valence-corrected chi connectivity index (χ2v) is 5.85. The van der Waals surface area contributed by atoms with Crippen LogP contribution in [0.3, 0.4) is 0 Å². The Balaban J connectivity index is 2.55. The van der Waals surface area contributed by atoms with E-state index in [0.717, 1.165) is 0 Å². The number of esters is 1. The number of carbonyl (C=O) groups excluding carboxylic acids is 1. The van der Waals surface area contributed by atoms with Crippen molar-refractivity contribution in [3.63, 3.8) is 0 Å². The van der Waals surface area contributed by atoms with E-state index < -0.39 is 5.56 Å². The lowest BCUT2D eigenvalue weighted by molar-refractivity contribution is -0.137. The molecule has 2 aromatic rings. The van der Waals surface area contributed by atoms with Crippen LogP contribution in [-0.2, 0) is 4.79 Å². The van der Waals surface area contributed by atoms with Gasteiger partial charge in [-0.15, -0.1) is 0 Å². The third-order valence-electron chi connectivity index (χ3n) is 3.52. The number of nitriles is 1. The molecule has 0 unspecified atom stereocenters. The highest BCUT2D eigenvalue weighted by Crippen LogP contribution is 2.34. The van der Waals surface area contributed by atoms with Crippen molar-refractivity contribution in [3.8, 4) is 28.7 Å². The highest BCUT2D eigenvalue weighted by Gasteiger charge is 2.17. The van der Waals surface area contributed by atoms with E-state index in [1.807, 2.05) is 13.0 Å². The average molecular weight is 340 g/mol. The van der Waals surface area contributed by atoms with Gasteiger partial charge in [-0.25, -0.2) is 0 Å².